The quantitative estimate of drug-likeness (QED) is 0.888. The van der Waals surface area contributed by atoms with E-state index in [1.54, 1.807) is 18.3 Å². The highest BCUT2D eigenvalue weighted by atomic mass is 32.1. The van der Waals surface area contributed by atoms with Gasteiger partial charge >= 0.3 is 0 Å². The average Bonchev–Trinajstić information content (AvgIpc) is 2.86. The third-order valence-corrected chi connectivity index (χ3v) is 3.43. The van der Waals surface area contributed by atoms with Crippen molar-refractivity contribution in [2.45, 2.75) is 27.2 Å². The highest BCUT2D eigenvalue weighted by Crippen LogP contribution is 2.21. The van der Waals surface area contributed by atoms with E-state index >= 15 is 0 Å². The fraction of sp³-hybridized carbons (Fsp3) is 0.429. The molecule has 0 aromatic carbocycles. The highest BCUT2D eigenvalue weighted by Gasteiger charge is 2.15. The zero-order valence-electron chi connectivity index (χ0n) is 12.3. The van der Waals surface area contributed by atoms with Crippen LogP contribution in [0.5, 0.6) is 5.88 Å². The summed E-state index contributed by atoms with van der Waals surface area (Å²) in [5.41, 5.74) is 0.389. The van der Waals surface area contributed by atoms with E-state index in [-0.39, 0.29) is 5.91 Å². The summed E-state index contributed by atoms with van der Waals surface area (Å²) in [5, 5.41) is 12.2. The molecule has 2 heterocycles. The second kappa shape index (κ2) is 7.12. The number of rotatable bonds is 6. The Bertz CT molecular complexity index is 613. The van der Waals surface area contributed by atoms with Crippen molar-refractivity contribution in [3.8, 4) is 5.88 Å². The second-order valence-electron chi connectivity index (χ2n) is 4.84. The normalized spacial score (nSPS) is 10.7. The van der Waals surface area contributed by atoms with Gasteiger partial charge in [0.05, 0.1) is 6.61 Å². The molecule has 0 aliphatic heterocycles. The summed E-state index contributed by atoms with van der Waals surface area (Å²) in [6.07, 6.45) is 2.44. The predicted molar refractivity (Wildman–Crippen MR) is 81.8 cm³/mol. The number of carbonyl (C=O) groups is 1. The lowest BCUT2D eigenvalue weighted by Gasteiger charge is -2.07. The average molecular weight is 306 g/mol. The number of hydrogen-bond donors (Lipinski definition) is 1. The summed E-state index contributed by atoms with van der Waals surface area (Å²) in [6.45, 7) is 6.53. The van der Waals surface area contributed by atoms with Crippen molar-refractivity contribution >= 4 is 22.4 Å². The van der Waals surface area contributed by atoms with Crippen LogP contribution in [0.25, 0.3) is 0 Å². The summed E-state index contributed by atoms with van der Waals surface area (Å²) < 4.78 is 5.35. The number of amides is 1. The Balaban J connectivity index is 2.09. The fourth-order valence-electron chi connectivity index (χ4n) is 1.72. The first-order valence-electron chi connectivity index (χ1n) is 6.81. The summed E-state index contributed by atoms with van der Waals surface area (Å²) in [6, 6.07) is 3.37. The van der Waals surface area contributed by atoms with E-state index in [1.165, 1.54) is 11.3 Å². The second-order valence-corrected chi connectivity index (χ2v) is 5.90. The van der Waals surface area contributed by atoms with Crippen LogP contribution < -0.4 is 10.1 Å². The van der Waals surface area contributed by atoms with Crippen molar-refractivity contribution < 1.29 is 9.53 Å². The SMILES string of the molecule is CCOc1ncccc1C(=O)Nc1nnc(CC(C)C)s1. The van der Waals surface area contributed by atoms with Crippen molar-refractivity contribution in [2.24, 2.45) is 5.92 Å². The number of anilines is 1. The van der Waals surface area contributed by atoms with Gasteiger partial charge in [0, 0.05) is 12.6 Å². The first-order valence-corrected chi connectivity index (χ1v) is 7.63. The van der Waals surface area contributed by atoms with Gasteiger partial charge < -0.3 is 4.74 Å². The molecule has 0 bridgehead atoms. The number of ether oxygens (including phenoxy) is 1. The van der Waals surface area contributed by atoms with Crippen LogP contribution >= 0.6 is 11.3 Å². The van der Waals surface area contributed by atoms with Crippen LogP contribution in [-0.4, -0.2) is 27.7 Å². The van der Waals surface area contributed by atoms with Crippen LogP contribution in [0.1, 0.15) is 36.1 Å². The van der Waals surface area contributed by atoms with Gasteiger partial charge in [0.15, 0.2) is 0 Å². The number of nitrogens with zero attached hydrogens (tertiary/aromatic N) is 3. The standard InChI is InChI=1S/C14H18N4O2S/c1-4-20-13-10(6-5-7-15-13)12(19)16-14-18-17-11(21-14)8-9(2)3/h5-7,9H,4,8H2,1-3H3,(H,16,18,19). The van der Waals surface area contributed by atoms with Gasteiger partial charge in [0.25, 0.3) is 5.91 Å². The zero-order valence-corrected chi connectivity index (χ0v) is 13.1. The molecule has 2 rings (SSSR count). The molecule has 2 aromatic heterocycles. The van der Waals surface area contributed by atoms with Gasteiger partial charge in [0.2, 0.25) is 11.0 Å². The van der Waals surface area contributed by atoms with Crippen molar-refractivity contribution in [3.05, 3.63) is 28.9 Å². The maximum Gasteiger partial charge on any atom is 0.262 e. The maximum absolute atomic E-state index is 12.2. The van der Waals surface area contributed by atoms with Gasteiger partial charge in [-0.05, 0) is 25.0 Å². The zero-order chi connectivity index (χ0) is 15.2. The molecule has 2 aromatic rings. The molecule has 0 aliphatic rings. The summed E-state index contributed by atoms with van der Waals surface area (Å²) in [7, 11) is 0. The van der Waals surface area contributed by atoms with Gasteiger partial charge in [-0.3, -0.25) is 10.1 Å². The van der Waals surface area contributed by atoms with E-state index in [4.69, 9.17) is 4.74 Å². The molecule has 0 saturated heterocycles. The maximum atomic E-state index is 12.2. The minimum atomic E-state index is -0.293. The lowest BCUT2D eigenvalue weighted by Crippen LogP contribution is -2.14. The van der Waals surface area contributed by atoms with Gasteiger partial charge in [-0.25, -0.2) is 4.98 Å². The van der Waals surface area contributed by atoms with Crippen molar-refractivity contribution in [1.29, 1.82) is 0 Å². The summed E-state index contributed by atoms with van der Waals surface area (Å²) in [4.78, 5) is 16.3. The van der Waals surface area contributed by atoms with Crippen molar-refractivity contribution in [3.63, 3.8) is 0 Å². The van der Waals surface area contributed by atoms with Crippen LogP contribution in [-0.2, 0) is 6.42 Å². The van der Waals surface area contributed by atoms with Crippen LogP contribution in [0.2, 0.25) is 0 Å². The molecule has 6 nitrogen and oxygen atoms in total. The van der Waals surface area contributed by atoms with E-state index in [1.807, 2.05) is 6.92 Å². The Morgan fingerprint density at radius 1 is 1.43 bits per heavy atom. The molecule has 0 fully saturated rings. The molecular formula is C14H18N4O2S. The fourth-order valence-corrected chi connectivity index (χ4v) is 2.66. The lowest BCUT2D eigenvalue weighted by molar-refractivity contribution is 0.102. The van der Waals surface area contributed by atoms with E-state index < -0.39 is 0 Å². The molecule has 0 aliphatic carbocycles. The lowest BCUT2D eigenvalue weighted by atomic mass is 10.1. The minimum absolute atomic E-state index is 0.293. The topological polar surface area (TPSA) is 77.0 Å². The first kappa shape index (κ1) is 15.4. The Hall–Kier alpha value is -2.02. The molecule has 7 heteroatoms. The Morgan fingerprint density at radius 3 is 2.95 bits per heavy atom. The molecule has 0 spiro atoms. The smallest absolute Gasteiger partial charge is 0.262 e. The third-order valence-electron chi connectivity index (χ3n) is 2.57. The molecule has 0 atom stereocenters. The molecule has 1 amide bonds. The van der Waals surface area contributed by atoms with Gasteiger partial charge in [-0.1, -0.05) is 25.2 Å². The largest absolute Gasteiger partial charge is 0.477 e. The molecule has 1 N–H and O–H groups in total. The highest BCUT2D eigenvalue weighted by molar-refractivity contribution is 7.15. The van der Waals surface area contributed by atoms with E-state index in [9.17, 15) is 4.79 Å². The summed E-state index contributed by atoms with van der Waals surface area (Å²) in [5.74, 6) is 0.535. The van der Waals surface area contributed by atoms with Crippen molar-refractivity contribution in [2.75, 3.05) is 11.9 Å². The van der Waals surface area contributed by atoms with Gasteiger partial charge in [-0.15, -0.1) is 10.2 Å². The van der Waals surface area contributed by atoms with E-state index in [2.05, 4.69) is 34.3 Å². The van der Waals surface area contributed by atoms with Gasteiger partial charge in [0.1, 0.15) is 10.6 Å². The minimum Gasteiger partial charge on any atom is -0.477 e. The first-order chi connectivity index (χ1) is 10.1. The monoisotopic (exact) mass is 306 g/mol. The number of carbonyl (C=O) groups excluding carboxylic acids is 1. The van der Waals surface area contributed by atoms with Crippen LogP contribution in [0, 0.1) is 5.92 Å². The van der Waals surface area contributed by atoms with Crippen LogP contribution in [0.4, 0.5) is 5.13 Å². The van der Waals surface area contributed by atoms with Crippen LogP contribution in [0.3, 0.4) is 0 Å². The summed E-state index contributed by atoms with van der Waals surface area (Å²) >= 11 is 1.39. The number of aromatic nitrogens is 3. The number of nitrogens with one attached hydrogen (secondary N) is 1. The molecular weight excluding hydrogens is 288 g/mol. The molecule has 0 unspecified atom stereocenters. The predicted octanol–water partition coefficient (Wildman–Crippen LogP) is 2.78. The molecule has 0 radical (unpaired) electrons. The van der Waals surface area contributed by atoms with E-state index in [0.717, 1.165) is 11.4 Å². The Labute approximate surface area is 127 Å². The van der Waals surface area contributed by atoms with E-state index in [0.29, 0.717) is 29.1 Å². The molecule has 21 heavy (non-hydrogen) atoms. The Morgan fingerprint density at radius 2 is 2.24 bits per heavy atom. The molecule has 112 valence electrons. The Kier molecular flexibility index (Phi) is 5.21. The van der Waals surface area contributed by atoms with Gasteiger partial charge in [-0.2, -0.15) is 0 Å². The molecule has 0 saturated carbocycles. The third kappa shape index (κ3) is 4.22. The van der Waals surface area contributed by atoms with Crippen molar-refractivity contribution in [1.82, 2.24) is 15.2 Å². The number of pyridine rings is 1. The number of hydrogen-bond acceptors (Lipinski definition) is 6. The van der Waals surface area contributed by atoms with Crippen LogP contribution in [0.15, 0.2) is 18.3 Å².